The van der Waals surface area contributed by atoms with Crippen LogP contribution in [0.25, 0.3) is 6.08 Å². The first-order valence-corrected chi connectivity index (χ1v) is 13.8. The summed E-state index contributed by atoms with van der Waals surface area (Å²) in [6.45, 7) is 7.23. The molecule has 0 spiro atoms. The molecule has 41 heavy (non-hydrogen) atoms. The molecule has 1 heterocycles. The Hall–Kier alpha value is -4.57. The van der Waals surface area contributed by atoms with Crippen molar-refractivity contribution in [3.8, 4) is 11.5 Å². The number of para-hydroxylation sites is 1. The fourth-order valence-corrected chi connectivity index (χ4v) is 4.87. The van der Waals surface area contributed by atoms with Gasteiger partial charge in [-0.05, 0) is 92.1 Å². The van der Waals surface area contributed by atoms with Gasteiger partial charge in [0.25, 0.3) is 17.1 Å². The van der Waals surface area contributed by atoms with E-state index in [2.05, 4.69) is 10.6 Å². The van der Waals surface area contributed by atoms with Crippen LogP contribution in [0.4, 0.5) is 16.2 Å². The molecule has 0 bridgehead atoms. The van der Waals surface area contributed by atoms with Crippen molar-refractivity contribution >= 4 is 52.2 Å². The van der Waals surface area contributed by atoms with Gasteiger partial charge in [0.05, 0.1) is 11.5 Å². The number of rotatable bonds is 10. The van der Waals surface area contributed by atoms with Crippen molar-refractivity contribution in [2.45, 2.75) is 27.7 Å². The number of nitrogens with zero attached hydrogens (tertiary/aromatic N) is 1. The fraction of sp³-hybridized carbons (Fsp3) is 0.226. The van der Waals surface area contributed by atoms with Gasteiger partial charge in [0.15, 0.2) is 18.1 Å². The Bertz CT molecular complexity index is 1530. The van der Waals surface area contributed by atoms with Gasteiger partial charge in [-0.3, -0.25) is 24.1 Å². The highest BCUT2D eigenvalue weighted by Gasteiger charge is 2.36. The minimum absolute atomic E-state index is 0.184. The maximum Gasteiger partial charge on any atom is 0.294 e. The van der Waals surface area contributed by atoms with Gasteiger partial charge in [-0.15, -0.1) is 0 Å². The maximum atomic E-state index is 13.0. The molecule has 3 aromatic rings. The average Bonchev–Trinajstić information content (AvgIpc) is 3.19. The second-order valence-corrected chi connectivity index (χ2v) is 10.4. The second-order valence-electron chi connectivity index (χ2n) is 9.43. The van der Waals surface area contributed by atoms with Gasteiger partial charge in [0, 0.05) is 11.4 Å². The molecule has 212 valence electrons. The average molecular weight is 574 g/mol. The Morgan fingerprint density at radius 1 is 0.854 bits per heavy atom. The van der Waals surface area contributed by atoms with Crippen molar-refractivity contribution in [3.63, 3.8) is 0 Å². The van der Waals surface area contributed by atoms with Gasteiger partial charge in [0.2, 0.25) is 5.91 Å². The van der Waals surface area contributed by atoms with Crippen LogP contribution in [-0.4, -0.2) is 47.6 Å². The Balaban J connectivity index is 1.41. The quantitative estimate of drug-likeness (QED) is 0.299. The van der Waals surface area contributed by atoms with Crippen LogP contribution in [0.5, 0.6) is 11.5 Å². The third-order valence-corrected chi connectivity index (χ3v) is 7.09. The van der Waals surface area contributed by atoms with Crippen LogP contribution in [0.15, 0.2) is 65.6 Å². The summed E-state index contributed by atoms with van der Waals surface area (Å²) in [7, 11) is 0. The summed E-state index contributed by atoms with van der Waals surface area (Å²) in [6.07, 6.45) is 1.56. The van der Waals surface area contributed by atoms with Crippen molar-refractivity contribution in [1.82, 2.24) is 4.90 Å². The summed E-state index contributed by atoms with van der Waals surface area (Å²) in [5.41, 5.74) is 4.73. The second kappa shape index (κ2) is 13.2. The molecule has 4 rings (SSSR count). The first kappa shape index (κ1) is 29.4. The number of hydrogen-bond donors (Lipinski definition) is 2. The zero-order valence-corrected chi connectivity index (χ0v) is 24.1. The summed E-state index contributed by atoms with van der Waals surface area (Å²) in [5.74, 6) is -0.588. The number of benzene rings is 3. The molecule has 0 aromatic heterocycles. The van der Waals surface area contributed by atoms with Crippen molar-refractivity contribution in [2.75, 3.05) is 30.4 Å². The minimum atomic E-state index is -0.553. The SMILES string of the molecule is CCOc1cc(/C=C2\SC(=O)N(CC(=O)Nc3cc(C)ccc3C)C2=O)ccc1OCC(=O)Nc1ccccc1C. The molecule has 1 aliphatic heterocycles. The van der Waals surface area contributed by atoms with E-state index in [4.69, 9.17) is 9.47 Å². The van der Waals surface area contributed by atoms with E-state index in [1.807, 2.05) is 70.2 Å². The van der Waals surface area contributed by atoms with E-state index >= 15 is 0 Å². The third kappa shape index (κ3) is 7.55. The highest BCUT2D eigenvalue weighted by molar-refractivity contribution is 8.18. The van der Waals surface area contributed by atoms with Crippen LogP contribution in [0, 0.1) is 20.8 Å². The molecule has 4 amide bonds. The van der Waals surface area contributed by atoms with Crippen molar-refractivity contribution in [1.29, 1.82) is 0 Å². The van der Waals surface area contributed by atoms with E-state index in [0.717, 1.165) is 33.4 Å². The van der Waals surface area contributed by atoms with Gasteiger partial charge in [0.1, 0.15) is 6.54 Å². The van der Waals surface area contributed by atoms with Crippen molar-refractivity contribution < 1.29 is 28.7 Å². The van der Waals surface area contributed by atoms with Gasteiger partial charge < -0.3 is 20.1 Å². The van der Waals surface area contributed by atoms with Crippen molar-refractivity contribution in [3.05, 3.63) is 87.8 Å². The van der Waals surface area contributed by atoms with E-state index in [1.165, 1.54) is 0 Å². The van der Waals surface area contributed by atoms with Gasteiger partial charge in [-0.1, -0.05) is 36.4 Å². The first-order chi connectivity index (χ1) is 19.6. The molecule has 1 aliphatic rings. The maximum absolute atomic E-state index is 13.0. The molecule has 10 heteroatoms. The van der Waals surface area contributed by atoms with Crippen LogP contribution >= 0.6 is 11.8 Å². The number of thioether (sulfide) groups is 1. The number of amides is 4. The number of hydrogen-bond acceptors (Lipinski definition) is 7. The zero-order chi connectivity index (χ0) is 29.5. The predicted octanol–water partition coefficient (Wildman–Crippen LogP) is 5.70. The summed E-state index contributed by atoms with van der Waals surface area (Å²) < 4.78 is 11.4. The van der Waals surface area contributed by atoms with E-state index in [0.29, 0.717) is 35.0 Å². The number of carbonyl (C=O) groups is 4. The lowest BCUT2D eigenvalue weighted by atomic mass is 10.1. The van der Waals surface area contributed by atoms with Crippen LogP contribution in [0.1, 0.15) is 29.2 Å². The molecule has 2 N–H and O–H groups in total. The fourth-order valence-electron chi connectivity index (χ4n) is 4.04. The summed E-state index contributed by atoms with van der Waals surface area (Å²) in [4.78, 5) is 51.7. The number of carbonyl (C=O) groups excluding carboxylic acids is 4. The van der Waals surface area contributed by atoms with E-state index in [-0.39, 0.29) is 17.4 Å². The molecule has 0 unspecified atom stereocenters. The highest BCUT2D eigenvalue weighted by Crippen LogP contribution is 2.35. The summed E-state index contributed by atoms with van der Waals surface area (Å²) in [6, 6.07) is 18.1. The molecule has 0 radical (unpaired) electrons. The van der Waals surface area contributed by atoms with Crippen LogP contribution in [0.3, 0.4) is 0 Å². The third-order valence-electron chi connectivity index (χ3n) is 6.19. The molecule has 9 nitrogen and oxygen atoms in total. The Morgan fingerprint density at radius 2 is 1.59 bits per heavy atom. The van der Waals surface area contributed by atoms with Crippen LogP contribution in [-0.2, 0) is 14.4 Å². The summed E-state index contributed by atoms with van der Waals surface area (Å²) >= 11 is 0.764. The number of imide groups is 1. The lowest BCUT2D eigenvalue weighted by molar-refractivity contribution is -0.127. The molecule has 1 fully saturated rings. The van der Waals surface area contributed by atoms with Gasteiger partial charge in [-0.25, -0.2) is 0 Å². The zero-order valence-electron chi connectivity index (χ0n) is 23.3. The lowest BCUT2D eigenvalue weighted by Crippen LogP contribution is -2.36. The normalized spacial score (nSPS) is 13.9. The molecular formula is C31H31N3O6S. The monoisotopic (exact) mass is 573 g/mol. The van der Waals surface area contributed by atoms with Crippen LogP contribution in [0.2, 0.25) is 0 Å². The van der Waals surface area contributed by atoms with Crippen LogP contribution < -0.4 is 20.1 Å². The molecule has 0 atom stereocenters. The highest BCUT2D eigenvalue weighted by atomic mass is 32.2. The van der Waals surface area contributed by atoms with E-state index < -0.39 is 23.6 Å². The first-order valence-electron chi connectivity index (χ1n) is 13.0. The van der Waals surface area contributed by atoms with E-state index in [9.17, 15) is 19.2 Å². The largest absolute Gasteiger partial charge is 0.490 e. The lowest BCUT2D eigenvalue weighted by Gasteiger charge is -2.14. The number of aryl methyl sites for hydroxylation is 3. The predicted molar refractivity (Wildman–Crippen MR) is 160 cm³/mol. The standard InChI is InChI=1S/C31H31N3O6S/c1-5-39-26-15-22(12-13-25(26)40-18-29(36)32-23-9-7-6-8-20(23)3)16-27-30(37)34(31(38)41-27)17-28(35)33-24-14-19(2)10-11-21(24)4/h6-16H,5,17-18H2,1-4H3,(H,32,36)(H,33,35)/b27-16-. The Morgan fingerprint density at radius 3 is 2.34 bits per heavy atom. The Labute approximate surface area is 242 Å². The molecule has 0 saturated carbocycles. The summed E-state index contributed by atoms with van der Waals surface area (Å²) in [5, 5.41) is 5.07. The smallest absolute Gasteiger partial charge is 0.294 e. The molecule has 3 aromatic carbocycles. The number of nitrogens with one attached hydrogen (secondary N) is 2. The Kier molecular flexibility index (Phi) is 9.46. The number of anilines is 2. The van der Waals surface area contributed by atoms with Crippen molar-refractivity contribution in [2.24, 2.45) is 0 Å². The molecular weight excluding hydrogens is 542 g/mol. The van der Waals surface area contributed by atoms with E-state index in [1.54, 1.807) is 24.3 Å². The topological polar surface area (TPSA) is 114 Å². The molecule has 0 aliphatic carbocycles. The van der Waals surface area contributed by atoms with Gasteiger partial charge in [-0.2, -0.15) is 0 Å². The number of ether oxygens (including phenoxy) is 2. The van der Waals surface area contributed by atoms with Gasteiger partial charge >= 0.3 is 0 Å². The molecule has 1 saturated heterocycles. The minimum Gasteiger partial charge on any atom is -0.490 e.